The van der Waals surface area contributed by atoms with Gasteiger partial charge in [-0.05, 0) is 27.2 Å². The third kappa shape index (κ3) is 6.70. The summed E-state index contributed by atoms with van der Waals surface area (Å²) in [4.78, 5) is 0. The van der Waals surface area contributed by atoms with Crippen LogP contribution in [-0.2, 0) is 14.2 Å². The Bertz CT molecular complexity index is 333. The summed E-state index contributed by atoms with van der Waals surface area (Å²) in [7, 11) is 0. The fourth-order valence-electron chi connectivity index (χ4n) is 3.52. The lowest BCUT2D eigenvalue weighted by molar-refractivity contribution is -0.405. The monoisotopic (exact) mass is 338 g/mol. The van der Waals surface area contributed by atoms with Gasteiger partial charge in [0.2, 0.25) is 0 Å². The molecule has 3 nitrogen and oxygen atoms in total. The first-order chi connectivity index (χ1) is 11.7. The van der Waals surface area contributed by atoms with Crippen LogP contribution in [0.3, 0.4) is 0 Å². The Kier molecular flexibility index (Phi) is 11.3. The van der Waals surface area contributed by atoms with Crippen molar-refractivity contribution < 1.29 is 14.2 Å². The zero-order valence-corrected chi connectivity index (χ0v) is 16.3. The lowest BCUT2D eigenvalue weighted by Gasteiger charge is -2.41. The first-order valence-electron chi connectivity index (χ1n) is 10.0. The van der Waals surface area contributed by atoms with Crippen molar-refractivity contribution in [2.75, 3.05) is 19.8 Å². The van der Waals surface area contributed by atoms with Crippen molar-refractivity contribution in [2.45, 2.75) is 78.6 Å². The summed E-state index contributed by atoms with van der Waals surface area (Å²) in [5.41, 5.74) is 0. The Hall–Kier alpha value is -0.640. The van der Waals surface area contributed by atoms with Crippen LogP contribution in [0.1, 0.15) is 72.6 Å². The van der Waals surface area contributed by atoms with E-state index in [2.05, 4.69) is 31.2 Å². The summed E-state index contributed by atoms with van der Waals surface area (Å²) in [6.07, 6.45) is 17.6. The molecule has 1 unspecified atom stereocenters. The van der Waals surface area contributed by atoms with E-state index in [1.165, 1.54) is 38.5 Å². The third-order valence-corrected chi connectivity index (χ3v) is 4.60. The second kappa shape index (κ2) is 12.7. The molecule has 1 aliphatic carbocycles. The molecule has 3 heteroatoms. The van der Waals surface area contributed by atoms with E-state index in [1.54, 1.807) is 0 Å². The van der Waals surface area contributed by atoms with Gasteiger partial charge in [-0.15, -0.1) is 0 Å². The topological polar surface area (TPSA) is 27.7 Å². The van der Waals surface area contributed by atoms with Crippen LogP contribution in [-0.4, -0.2) is 25.8 Å². The van der Waals surface area contributed by atoms with E-state index < -0.39 is 5.97 Å². The van der Waals surface area contributed by atoms with Crippen molar-refractivity contribution in [1.82, 2.24) is 0 Å². The van der Waals surface area contributed by atoms with Crippen LogP contribution in [0.2, 0.25) is 0 Å². The highest BCUT2D eigenvalue weighted by Gasteiger charge is 2.44. The van der Waals surface area contributed by atoms with Crippen LogP contribution in [0.15, 0.2) is 24.3 Å². The summed E-state index contributed by atoms with van der Waals surface area (Å²) >= 11 is 0. The van der Waals surface area contributed by atoms with Gasteiger partial charge in [0.1, 0.15) is 0 Å². The minimum atomic E-state index is -0.925. The van der Waals surface area contributed by atoms with E-state index in [0.717, 1.165) is 6.42 Å². The summed E-state index contributed by atoms with van der Waals surface area (Å²) in [5.74, 6) is -0.408. The fourth-order valence-corrected chi connectivity index (χ4v) is 3.52. The normalized spacial score (nSPS) is 16.2. The predicted octanol–water partition coefficient (Wildman–Crippen LogP) is 5.86. The van der Waals surface area contributed by atoms with Crippen LogP contribution < -0.4 is 0 Å². The third-order valence-electron chi connectivity index (χ3n) is 4.60. The lowest BCUT2D eigenvalue weighted by Crippen LogP contribution is -2.49. The molecule has 24 heavy (non-hydrogen) atoms. The van der Waals surface area contributed by atoms with Crippen LogP contribution in [0.25, 0.3) is 0 Å². The standard InChI is InChI=1S/C21H38O3/c1-5-9-10-11-12-13-18-20(19-16-14-15-17-19)21(22-6-2,23-7-3)24-8-4/h14-17,19-20H,5-13,18H2,1-4H3. The van der Waals surface area contributed by atoms with Crippen LogP contribution in [0, 0.1) is 11.8 Å². The molecule has 0 aromatic carbocycles. The van der Waals surface area contributed by atoms with Crippen molar-refractivity contribution in [2.24, 2.45) is 11.8 Å². The average molecular weight is 339 g/mol. The molecule has 0 aromatic rings. The summed E-state index contributed by atoms with van der Waals surface area (Å²) in [6, 6.07) is 0. The second-order valence-electron chi connectivity index (χ2n) is 6.41. The molecule has 0 radical (unpaired) electrons. The molecule has 0 heterocycles. The van der Waals surface area contributed by atoms with Gasteiger partial charge < -0.3 is 14.2 Å². The summed E-state index contributed by atoms with van der Waals surface area (Å²) in [6.45, 7) is 10.1. The Balaban J connectivity index is 2.76. The van der Waals surface area contributed by atoms with Gasteiger partial charge in [-0.1, -0.05) is 69.8 Å². The van der Waals surface area contributed by atoms with Crippen molar-refractivity contribution in [3.63, 3.8) is 0 Å². The second-order valence-corrected chi connectivity index (χ2v) is 6.41. The Morgan fingerprint density at radius 1 is 0.750 bits per heavy atom. The van der Waals surface area contributed by atoms with Gasteiger partial charge in [0.05, 0.1) is 5.92 Å². The maximum Gasteiger partial charge on any atom is 0.286 e. The molecule has 0 spiro atoms. The summed E-state index contributed by atoms with van der Waals surface area (Å²) in [5, 5.41) is 0. The first kappa shape index (κ1) is 21.4. The number of rotatable bonds is 15. The zero-order valence-electron chi connectivity index (χ0n) is 16.3. The minimum absolute atomic E-state index is 0.193. The average Bonchev–Trinajstić information content (AvgIpc) is 3.09. The first-order valence-corrected chi connectivity index (χ1v) is 10.0. The van der Waals surface area contributed by atoms with Gasteiger partial charge in [-0.25, -0.2) is 0 Å². The molecule has 0 bridgehead atoms. The van der Waals surface area contributed by atoms with Crippen molar-refractivity contribution in [3.8, 4) is 0 Å². The summed E-state index contributed by atoms with van der Waals surface area (Å²) < 4.78 is 18.2. The SMILES string of the molecule is CCCCCCCCC(C1C=CC=C1)C(OCC)(OCC)OCC. The highest BCUT2D eigenvalue weighted by atomic mass is 16.9. The van der Waals surface area contributed by atoms with E-state index >= 15 is 0 Å². The molecule has 0 N–H and O–H groups in total. The number of hydrogen-bond donors (Lipinski definition) is 0. The van der Waals surface area contributed by atoms with Gasteiger partial charge in [0.25, 0.3) is 5.97 Å². The Labute approximate surface area is 149 Å². The van der Waals surface area contributed by atoms with Gasteiger partial charge in [0.15, 0.2) is 0 Å². The molecule has 0 aliphatic heterocycles. The van der Waals surface area contributed by atoms with Gasteiger partial charge in [0, 0.05) is 25.7 Å². The number of unbranched alkanes of at least 4 members (excludes halogenated alkanes) is 5. The van der Waals surface area contributed by atoms with Gasteiger partial charge >= 0.3 is 0 Å². The molecule has 0 aromatic heterocycles. The molecule has 1 rings (SSSR count). The molecule has 0 saturated heterocycles. The van der Waals surface area contributed by atoms with E-state index in [1.807, 2.05) is 20.8 Å². The Morgan fingerprint density at radius 2 is 1.25 bits per heavy atom. The van der Waals surface area contributed by atoms with E-state index in [9.17, 15) is 0 Å². The molecule has 0 amide bonds. The predicted molar refractivity (Wildman–Crippen MR) is 101 cm³/mol. The maximum atomic E-state index is 6.07. The number of hydrogen-bond acceptors (Lipinski definition) is 3. The number of ether oxygens (including phenoxy) is 3. The van der Waals surface area contributed by atoms with Crippen LogP contribution in [0.4, 0.5) is 0 Å². The van der Waals surface area contributed by atoms with Gasteiger partial charge in [-0.2, -0.15) is 0 Å². The molecular formula is C21H38O3. The molecule has 0 fully saturated rings. The van der Waals surface area contributed by atoms with Crippen molar-refractivity contribution >= 4 is 0 Å². The van der Waals surface area contributed by atoms with Crippen LogP contribution in [0.5, 0.6) is 0 Å². The lowest BCUT2D eigenvalue weighted by atomic mass is 9.86. The minimum Gasteiger partial charge on any atom is -0.328 e. The maximum absolute atomic E-state index is 6.07. The van der Waals surface area contributed by atoms with Crippen molar-refractivity contribution in [3.05, 3.63) is 24.3 Å². The molecule has 1 aliphatic rings. The molecule has 1 atom stereocenters. The van der Waals surface area contributed by atoms with E-state index in [0.29, 0.717) is 25.7 Å². The fraction of sp³-hybridized carbons (Fsp3) is 0.810. The van der Waals surface area contributed by atoms with Gasteiger partial charge in [-0.3, -0.25) is 0 Å². The van der Waals surface area contributed by atoms with E-state index in [4.69, 9.17) is 14.2 Å². The molecule has 0 saturated carbocycles. The highest BCUT2D eigenvalue weighted by molar-refractivity contribution is 5.19. The van der Waals surface area contributed by atoms with Crippen molar-refractivity contribution in [1.29, 1.82) is 0 Å². The zero-order chi connectivity index (χ0) is 17.7. The molecular weight excluding hydrogens is 300 g/mol. The Morgan fingerprint density at radius 3 is 1.75 bits per heavy atom. The smallest absolute Gasteiger partial charge is 0.286 e. The molecule has 140 valence electrons. The van der Waals surface area contributed by atoms with Crippen LogP contribution >= 0.6 is 0 Å². The number of allylic oxidation sites excluding steroid dienone is 4. The highest BCUT2D eigenvalue weighted by Crippen LogP contribution is 2.38. The van der Waals surface area contributed by atoms with E-state index in [-0.39, 0.29) is 5.92 Å². The largest absolute Gasteiger partial charge is 0.328 e. The quantitative estimate of drug-likeness (QED) is 0.276.